The lowest BCUT2D eigenvalue weighted by Gasteiger charge is -2.55. The molecule has 2 unspecified atom stereocenters. The van der Waals surface area contributed by atoms with Crippen LogP contribution in [0.1, 0.15) is 19.3 Å². The standard InChI is InChI=1S/C12H20N4/c1-14-2-4-15(5-3-14)10-6-11-8-12(7-10)16(11)9-13/h10-12H,2-8H2,1H3. The van der Waals surface area contributed by atoms with Crippen molar-refractivity contribution < 1.29 is 0 Å². The molecule has 3 heterocycles. The van der Waals surface area contributed by atoms with Gasteiger partial charge in [0.25, 0.3) is 0 Å². The van der Waals surface area contributed by atoms with Gasteiger partial charge in [-0.05, 0) is 26.3 Å². The lowest BCUT2D eigenvalue weighted by Crippen LogP contribution is -2.63. The molecular formula is C12H20N4. The molecule has 1 saturated carbocycles. The Kier molecular flexibility index (Phi) is 2.53. The highest BCUT2D eigenvalue weighted by Crippen LogP contribution is 2.39. The number of hydrogen-bond acceptors (Lipinski definition) is 4. The van der Waals surface area contributed by atoms with E-state index in [1.807, 2.05) is 4.90 Å². The van der Waals surface area contributed by atoms with Crippen LogP contribution in [0, 0.1) is 11.5 Å². The smallest absolute Gasteiger partial charge is 0.179 e. The molecule has 0 N–H and O–H groups in total. The number of fused-ring (bicyclic) bond motifs is 2. The maximum Gasteiger partial charge on any atom is 0.179 e. The van der Waals surface area contributed by atoms with Crippen LogP contribution in [0.25, 0.3) is 0 Å². The van der Waals surface area contributed by atoms with Crippen molar-refractivity contribution >= 4 is 0 Å². The minimum Gasteiger partial charge on any atom is -0.304 e. The number of likely N-dealkylation sites (N-methyl/N-ethyl adjacent to an activating group) is 1. The third kappa shape index (κ3) is 1.59. The Hall–Kier alpha value is -0.790. The molecule has 4 aliphatic rings. The van der Waals surface area contributed by atoms with E-state index in [0.717, 1.165) is 6.04 Å². The van der Waals surface area contributed by atoms with Crippen LogP contribution in [0.4, 0.5) is 0 Å². The summed E-state index contributed by atoms with van der Waals surface area (Å²) in [6.07, 6.45) is 6.03. The van der Waals surface area contributed by atoms with Gasteiger partial charge in [0.1, 0.15) is 0 Å². The van der Waals surface area contributed by atoms with Crippen molar-refractivity contribution in [2.75, 3.05) is 33.2 Å². The predicted molar refractivity (Wildman–Crippen MR) is 61.7 cm³/mol. The Morgan fingerprint density at radius 2 is 1.50 bits per heavy atom. The molecular weight excluding hydrogens is 200 g/mol. The molecule has 2 bridgehead atoms. The van der Waals surface area contributed by atoms with E-state index >= 15 is 0 Å². The van der Waals surface area contributed by atoms with Crippen molar-refractivity contribution in [3.63, 3.8) is 0 Å². The zero-order chi connectivity index (χ0) is 11.1. The maximum atomic E-state index is 8.98. The average Bonchev–Trinajstić information content (AvgIpc) is 2.30. The van der Waals surface area contributed by atoms with Gasteiger partial charge in [0.2, 0.25) is 0 Å². The first kappa shape index (κ1) is 10.4. The second-order valence-corrected chi connectivity index (χ2v) is 5.52. The summed E-state index contributed by atoms with van der Waals surface area (Å²) in [7, 11) is 2.20. The zero-order valence-electron chi connectivity index (χ0n) is 9.97. The van der Waals surface area contributed by atoms with Crippen LogP contribution in [0.2, 0.25) is 0 Å². The van der Waals surface area contributed by atoms with E-state index in [-0.39, 0.29) is 0 Å². The molecule has 0 amide bonds. The van der Waals surface area contributed by atoms with Crippen LogP contribution in [0.5, 0.6) is 0 Å². The topological polar surface area (TPSA) is 33.5 Å². The van der Waals surface area contributed by atoms with Crippen LogP contribution in [0.3, 0.4) is 0 Å². The van der Waals surface area contributed by atoms with Crippen molar-refractivity contribution in [3.05, 3.63) is 0 Å². The fourth-order valence-electron chi connectivity index (χ4n) is 3.49. The number of piperazine rings is 1. The highest BCUT2D eigenvalue weighted by atomic mass is 15.3. The van der Waals surface area contributed by atoms with Gasteiger partial charge in [0, 0.05) is 44.3 Å². The first-order chi connectivity index (χ1) is 7.78. The predicted octanol–water partition coefficient (Wildman–Crippen LogP) is 0.320. The van der Waals surface area contributed by atoms with E-state index in [0.29, 0.717) is 12.1 Å². The maximum absolute atomic E-state index is 8.98. The SMILES string of the molecule is CN1CCN(C2CC3CC(C2)N3C#N)CC1. The number of hydrogen-bond donors (Lipinski definition) is 0. The Morgan fingerprint density at radius 1 is 0.938 bits per heavy atom. The van der Waals surface area contributed by atoms with Gasteiger partial charge < -0.3 is 9.80 Å². The molecule has 1 aliphatic carbocycles. The molecule has 0 aromatic rings. The summed E-state index contributed by atoms with van der Waals surface area (Å²) in [5.41, 5.74) is 0. The van der Waals surface area contributed by atoms with Crippen LogP contribution in [0.15, 0.2) is 0 Å². The monoisotopic (exact) mass is 220 g/mol. The minimum atomic E-state index is 0.563. The number of nitrogens with zero attached hydrogens (tertiary/aromatic N) is 4. The summed E-state index contributed by atoms with van der Waals surface area (Å²) < 4.78 is 0. The molecule has 0 radical (unpaired) electrons. The van der Waals surface area contributed by atoms with E-state index in [1.165, 1.54) is 45.4 Å². The largest absolute Gasteiger partial charge is 0.304 e. The van der Waals surface area contributed by atoms with Gasteiger partial charge in [-0.25, -0.2) is 0 Å². The molecule has 4 nitrogen and oxygen atoms in total. The van der Waals surface area contributed by atoms with Gasteiger partial charge in [0.15, 0.2) is 6.19 Å². The van der Waals surface area contributed by atoms with Crippen molar-refractivity contribution in [1.29, 1.82) is 5.26 Å². The molecule has 0 aromatic heterocycles. The number of piperidine rings is 1. The van der Waals surface area contributed by atoms with Gasteiger partial charge in [0.05, 0.1) is 0 Å². The zero-order valence-corrected chi connectivity index (χ0v) is 9.97. The van der Waals surface area contributed by atoms with E-state index < -0.39 is 0 Å². The van der Waals surface area contributed by atoms with Crippen LogP contribution >= 0.6 is 0 Å². The third-order valence-corrected chi connectivity index (χ3v) is 4.59. The van der Waals surface area contributed by atoms with Crippen LogP contribution < -0.4 is 0 Å². The highest BCUT2D eigenvalue weighted by molar-refractivity contribution is 5.07. The summed E-state index contributed by atoms with van der Waals surface area (Å²) in [5, 5.41) is 8.98. The molecule has 0 aromatic carbocycles. The van der Waals surface area contributed by atoms with Crippen molar-refractivity contribution in [3.8, 4) is 6.19 Å². The normalized spacial score (nSPS) is 40.2. The van der Waals surface area contributed by atoms with E-state index in [1.54, 1.807) is 0 Å². The summed E-state index contributed by atoms with van der Waals surface area (Å²) in [4.78, 5) is 7.07. The van der Waals surface area contributed by atoms with Crippen LogP contribution in [-0.2, 0) is 0 Å². The van der Waals surface area contributed by atoms with Crippen molar-refractivity contribution in [2.24, 2.45) is 0 Å². The minimum absolute atomic E-state index is 0.563. The van der Waals surface area contributed by atoms with Gasteiger partial charge in [-0.3, -0.25) is 4.90 Å². The van der Waals surface area contributed by atoms with Crippen molar-refractivity contribution in [1.82, 2.24) is 14.7 Å². The summed E-state index contributed by atoms with van der Waals surface area (Å²) in [5.74, 6) is 0. The first-order valence-corrected chi connectivity index (χ1v) is 6.38. The molecule has 3 aliphatic heterocycles. The Labute approximate surface area is 97.4 Å². The van der Waals surface area contributed by atoms with E-state index in [9.17, 15) is 0 Å². The molecule has 88 valence electrons. The van der Waals surface area contributed by atoms with Crippen molar-refractivity contribution in [2.45, 2.75) is 37.4 Å². The molecule has 16 heavy (non-hydrogen) atoms. The third-order valence-electron chi connectivity index (χ3n) is 4.59. The van der Waals surface area contributed by atoms with Crippen LogP contribution in [-0.4, -0.2) is 66.1 Å². The van der Waals surface area contributed by atoms with Gasteiger partial charge in [-0.1, -0.05) is 0 Å². The lowest BCUT2D eigenvalue weighted by molar-refractivity contribution is -0.0354. The van der Waals surface area contributed by atoms with E-state index in [4.69, 9.17) is 5.26 Å². The fourth-order valence-corrected chi connectivity index (χ4v) is 3.49. The van der Waals surface area contributed by atoms with Gasteiger partial charge in [-0.2, -0.15) is 5.26 Å². The summed E-state index contributed by atoms with van der Waals surface area (Å²) in [6.45, 7) is 4.84. The first-order valence-electron chi connectivity index (χ1n) is 6.38. The molecule has 4 rings (SSSR count). The summed E-state index contributed by atoms with van der Waals surface area (Å²) >= 11 is 0. The molecule has 0 spiro atoms. The Morgan fingerprint density at radius 3 is 2.06 bits per heavy atom. The van der Waals surface area contributed by atoms with Gasteiger partial charge in [-0.15, -0.1) is 0 Å². The quantitative estimate of drug-likeness (QED) is 0.596. The molecule has 3 saturated heterocycles. The molecule has 4 fully saturated rings. The van der Waals surface area contributed by atoms with E-state index in [2.05, 4.69) is 23.0 Å². The number of rotatable bonds is 1. The number of nitriles is 1. The average molecular weight is 220 g/mol. The molecule has 2 atom stereocenters. The lowest BCUT2D eigenvalue weighted by atomic mass is 9.76. The summed E-state index contributed by atoms with van der Waals surface area (Å²) in [6, 6.07) is 1.88. The van der Waals surface area contributed by atoms with Gasteiger partial charge >= 0.3 is 0 Å². The Balaban J connectivity index is 1.57. The second kappa shape index (κ2) is 3.90. The molecule has 4 heteroatoms. The second-order valence-electron chi connectivity index (χ2n) is 5.52. The highest BCUT2D eigenvalue weighted by Gasteiger charge is 2.46. The fraction of sp³-hybridized carbons (Fsp3) is 0.917. The Bertz CT molecular complexity index is 291.